The van der Waals surface area contributed by atoms with Gasteiger partial charge >= 0.3 is 0 Å². The summed E-state index contributed by atoms with van der Waals surface area (Å²) in [5.41, 5.74) is 1.41. The number of carbonyl (C=O) groups is 2. The van der Waals surface area contributed by atoms with E-state index in [0.717, 1.165) is 29.5 Å². The second-order valence-corrected chi connectivity index (χ2v) is 7.66. The van der Waals surface area contributed by atoms with Crippen molar-refractivity contribution in [3.8, 4) is 5.75 Å². The number of benzene rings is 2. The lowest BCUT2D eigenvalue weighted by Crippen LogP contribution is -2.25. The molecular weight excluding hydrogens is 432 g/mol. The van der Waals surface area contributed by atoms with E-state index in [1.54, 1.807) is 42.5 Å². The Morgan fingerprint density at radius 2 is 1.76 bits per heavy atom. The fraction of sp³-hybridized carbons (Fsp3) is 0.391. The monoisotopic (exact) mass is 460 g/mol. The molecule has 2 rings (SSSR count). The van der Waals surface area contributed by atoms with Crippen molar-refractivity contribution >= 4 is 33.4 Å². The maximum absolute atomic E-state index is 12.7. The highest BCUT2D eigenvalue weighted by Crippen LogP contribution is 2.27. The number of hydrogen-bond acceptors (Lipinski definition) is 3. The summed E-state index contributed by atoms with van der Waals surface area (Å²) in [5, 5.41) is 5.67. The fourth-order valence-electron chi connectivity index (χ4n) is 2.79. The van der Waals surface area contributed by atoms with Crippen LogP contribution in [-0.4, -0.2) is 25.0 Å². The first-order valence-electron chi connectivity index (χ1n) is 10.2. The molecule has 0 atom stereocenters. The molecule has 2 aromatic rings. The van der Waals surface area contributed by atoms with Gasteiger partial charge in [-0.3, -0.25) is 9.59 Å². The average Bonchev–Trinajstić information content (AvgIpc) is 2.73. The molecule has 0 spiro atoms. The Morgan fingerprint density at radius 1 is 0.966 bits per heavy atom. The summed E-state index contributed by atoms with van der Waals surface area (Å²) >= 11 is 3.48. The normalized spacial score (nSPS) is 10.4. The van der Waals surface area contributed by atoms with Gasteiger partial charge < -0.3 is 15.4 Å². The van der Waals surface area contributed by atoms with Crippen molar-refractivity contribution in [1.29, 1.82) is 0 Å². The van der Waals surface area contributed by atoms with Gasteiger partial charge in [0.2, 0.25) is 0 Å². The lowest BCUT2D eigenvalue weighted by atomic mass is 10.1. The highest BCUT2D eigenvalue weighted by molar-refractivity contribution is 9.10. The highest BCUT2D eigenvalue weighted by atomic mass is 79.9. The predicted octanol–water partition coefficient (Wildman–Crippen LogP) is 5.80. The molecular formula is C23H29BrN2O3. The Balaban J connectivity index is 2.02. The number of rotatable bonds is 11. The van der Waals surface area contributed by atoms with Gasteiger partial charge in [-0.05, 0) is 59.1 Å². The number of amides is 2. The summed E-state index contributed by atoms with van der Waals surface area (Å²) in [6, 6.07) is 12.2. The molecule has 2 amide bonds. The van der Waals surface area contributed by atoms with Gasteiger partial charge in [-0.1, -0.05) is 45.2 Å². The van der Waals surface area contributed by atoms with E-state index in [4.69, 9.17) is 4.74 Å². The molecule has 0 aliphatic heterocycles. The summed E-state index contributed by atoms with van der Waals surface area (Å²) in [6.45, 7) is 5.42. The number of hydrogen-bond donors (Lipinski definition) is 2. The van der Waals surface area contributed by atoms with Gasteiger partial charge in [-0.25, -0.2) is 0 Å². The van der Waals surface area contributed by atoms with E-state index >= 15 is 0 Å². The lowest BCUT2D eigenvalue weighted by molar-refractivity contribution is 0.0954. The fourth-order valence-corrected chi connectivity index (χ4v) is 3.28. The van der Waals surface area contributed by atoms with Crippen molar-refractivity contribution in [3.63, 3.8) is 0 Å². The zero-order chi connectivity index (χ0) is 21.1. The van der Waals surface area contributed by atoms with Crippen molar-refractivity contribution < 1.29 is 14.3 Å². The molecule has 0 fully saturated rings. The van der Waals surface area contributed by atoms with Crippen LogP contribution in [0.4, 0.5) is 5.69 Å². The highest BCUT2D eigenvalue weighted by Gasteiger charge is 2.15. The Labute approximate surface area is 181 Å². The van der Waals surface area contributed by atoms with Crippen molar-refractivity contribution in [1.82, 2.24) is 5.32 Å². The van der Waals surface area contributed by atoms with Gasteiger partial charge in [0.15, 0.2) is 0 Å². The zero-order valence-corrected chi connectivity index (χ0v) is 18.7. The standard InChI is InChI=1S/C23H29BrN2O3/c1-3-5-6-9-15-29-21-13-12-17(16-19(21)24)22(27)26-20-11-8-7-10-18(20)23(28)25-14-4-2/h7-8,10-13,16H,3-6,9,14-15H2,1-2H3,(H,25,28)(H,26,27). The molecule has 0 aliphatic rings. The maximum atomic E-state index is 12.7. The van der Waals surface area contributed by atoms with Crippen LogP contribution in [0.1, 0.15) is 66.7 Å². The third-order valence-corrected chi connectivity index (χ3v) is 5.02. The molecule has 0 heterocycles. The van der Waals surface area contributed by atoms with Crippen LogP contribution in [0.15, 0.2) is 46.9 Å². The molecule has 0 bridgehead atoms. The quantitative estimate of drug-likeness (QED) is 0.416. The van der Waals surface area contributed by atoms with Crippen LogP contribution in [0.25, 0.3) is 0 Å². The summed E-state index contributed by atoms with van der Waals surface area (Å²) in [6.07, 6.45) is 5.42. The van der Waals surface area contributed by atoms with Crippen molar-refractivity contribution in [2.75, 3.05) is 18.5 Å². The van der Waals surface area contributed by atoms with E-state index in [-0.39, 0.29) is 11.8 Å². The molecule has 2 N–H and O–H groups in total. The first kappa shape index (κ1) is 22.9. The van der Waals surface area contributed by atoms with Crippen LogP contribution in [0.3, 0.4) is 0 Å². The third-order valence-electron chi connectivity index (χ3n) is 4.40. The minimum Gasteiger partial charge on any atom is -0.492 e. The van der Waals surface area contributed by atoms with Crippen LogP contribution >= 0.6 is 15.9 Å². The average molecular weight is 461 g/mol. The minimum atomic E-state index is -0.282. The molecule has 0 aromatic heterocycles. The molecule has 0 aliphatic carbocycles. The topological polar surface area (TPSA) is 67.4 Å². The minimum absolute atomic E-state index is 0.198. The van der Waals surface area contributed by atoms with Gasteiger partial charge in [0.05, 0.1) is 22.3 Å². The van der Waals surface area contributed by atoms with E-state index < -0.39 is 0 Å². The molecule has 6 heteroatoms. The summed E-state index contributed by atoms with van der Waals surface area (Å²) in [7, 11) is 0. The molecule has 0 unspecified atom stereocenters. The van der Waals surface area contributed by atoms with Crippen molar-refractivity contribution in [3.05, 3.63) is 58.1 Å². The first-order chi connectivity index (χ1) is 14.1. The Morgan fingerprint density at radius 3 is 2.48 bits per heavy atom. The zero-order valence-electron chi connectivity index (χ0n) is 17.1. The smallest absolute Gasteiger partial charge is 0.255 e. The van der Waals surface area contributed by atoms with Crippen LogP contribution < -0.4 is 15.4 Å². The van der Waals surface area contributed by atoms with E-state index in [2.05, 4.69) is 33.5 Å². The van der Waals surface area contributed by atoms with E-state index in [1.807, 2.05) is 6.92 Å². The number of carbonyl (C=O) groups excluding carboxylic acids is 2. The largest absolute Gasteiger partial charge is 0.492 e. The molecule has 29 heavy (non-hydrogen) atoms. The van der Waals surface area contributed by atoms with E-state index in [0.29, 0.717) is 30.0 Å². The first-order valence-corrected chi connectivity index (χ1v) is 11.0. The van der Waals surface area contributed by atoms with Gasteiger partial charge in [-0.2, -0.15) is 0 Å². The Kier molecular flexibility index (Phi) is 9.71. The molecule has 0 radical (unpaired) electrons. The van der Waals surface area contributed by atoms with Crippen LogP contribution in [0, 0.1) is 0 Å². The summed E-state index contributed by atoms with van der Waals surface area (Å²) in [5.74, 6) is 0.240. The maximum Gasteiger partial charge on any atom is 0.255 e. The van der Waals surface area contributed by atoms with E-state index in [9.17, 15) is 9.59 Å². The summed E-state index contributed by atoms with van der Waals surface area (Å²) in [4.78, 5) is 25.0. The molecule has 156 valence electrons. The Hall–Kier alpha value is -2.34. The second kappa shape index (κ2) is 12.3. The number of ether oxygens (including phenoxy) is 1. The van der Waals surface area contributed by atoms with Gasteiger partial charge in [0.25, 0.3) is 11.8 Å². The van der Waals surface area contributed by atoms with Gasteiger partial charge in [0, 0.05) is 12.1 Å². The number of nitrogens with one attached hydrogen (secondary N) is 2. The molecule has 5 nitrogen and oxygen atoms in total. The number of para-hydroxylation sites is 1. The number of anilines is 1. The van der Waals surface area contributed by atoms with Crippen molar-refractivity contribution in [2.45, 2.75) is 46.0 Å². The molecule has 0 saturated carbocycles. The summed E-state index contributed by atoms with van der Waals surface area (Å²) < 4.78 is 6.52. The number of halogens is 1. The number of unbranched alkanes of at least 4 members (excludes halogenated alkanes) is 3. The molecule has 2 aromatic carbocycles. The Bertz CT molecular complexity index is 824. The molecule has 0 saturated heterocycles. The van der Waals surface area contributed by atoms with Crippen LogP contribution in [0.5, 0.6) is 5.75 Å². The SMILES string of the molecule is CCCCCCOc1ccc(C(=O)Nc2ccccc2C(=O)NCCC)cc1Br. The van der Waals surface area contributed by atoms with E-state index in [1.165, 1.54) is 12.8 Å². The van der Waals surface area contributed by atoms with Crippen LogP contribution in [-0.2, 0) is 0 Å². The lowest BCUT2D eigenvalue weighted by Gasteiger charge is -2.12. The van der Waals surface area contributed by atoms with Crippen LogP contribution in [0.2, 0.25) is 0 Å². The predicted molar refractivity (Wildman–Crippen MR) is 121 cm³/mol. The second-order valence-electron chi connectivity index (χ2n) is 6.81. The van der Waals surface area contributed by atoms with Gasteiger partial charge in [-0.15, -0.1) is 0 Å². The van der Waals surface area contributed by atoms with Gasteiger partial charge in [0.1, 0.15) is 5.75 Å². The van der Waals surface area contributed by atoms with Crippen molar-refractivity contribution in [2.24, 2.45) is 0 Å². The third kappa shape index (κ3) is 7.20.